The zero-order chi connectivity index (χ0) is 25.1. The molecule has 8 nitrogen and oxygen atoms in total. The van der Waals surface area contributed by atoms with Crippen LogP contribution in [0.15, 0.2) is 60.8 Å². The average Bonchev–Trinajstić information content (AvgIpc) is 3.50. The molecule has 0 bridgehead atoms. The van der Waals surface area contributed by atoms with Crippen molar-refractivity contribution in [1.29, 1.82) is 5.26 Å². The van der Waals surface area contributed by atoms with Crippen LogP contribution >= 0.6 is 0 Å². The average molecular weight is 487 g/mol. The number of pyridine rings is 1. The van der Waals surface area contributed by atoms with E-state index in [2.05, 4.69) is 15.6 Å². The van der Waals surface area contributed by atoms with E-state index >= 15 is 0 Å². The van der Waals surface area contributed by atoms with Crippen molar-refractivity contribution in [2.24, 2.45) is 0 Å². The Morgan fingerprint density at radius 2 is 1.94 bits per heavy atom. The predicted molar refractivity (Wildman–Crippen MR) is 135 cm³/mol. The van der Waals surface area contributed by atoms with Crippen molar-refractivity contribution in [3.8, 4) is 6.07 Å². The Labute approximate surface area is 208 Å². The van der Waals surface area contributed by atoms with Gasteiger partial charge in [-0.25, -0.2) is 4.39 Å². The van der Waals surface area contributed by atoms with Gasteiger partial charge in [-0.1, -0.05) is 18.2 Å². The third-order valence-electron chi connectivity index (χ3n) is 6.76. The highest BCUT2D eigenvalue weighted by Crippen LogP contribution is 2.28. The Morgan fingerprint density at radius 1 is 1.11 bits per heavy atom. The van der Waals surface area contributed by atoms with E-state index in [-0.39, 0.29) is 37.4 Å². The Hall–Kier alpha value is -4.03. The van der Waals surface area contributed by atoms with Gasteiger partial charge in [0.1, 0.15) is 12.2 Å². The van der Waals surface area contributed by atoms with E-state index in [0.29, 0.717) is 23.3 Å². The number of rotatable bonds is 6. The van der Waals surface area contributed by atoms with Gasteiger partial charge in [0.2, 0.25) is 5.91 Å². The highest BCUT2D eigenvalue weighted by molar-refractivity contribution is 6.13. The Morgan fingerprint density at radius 3 is 2.75 bits per heavy atom. The second-order valence-corrected chi connectivity index (χ2v) is 9.27. The predicted octanol–water partition coefficient (Wildman–Crippen LogP) is 3.44. The van der Waals surface area contributed by atoms with Gasteiger partial charge in [0.25, 0.3) is 5.91 Å². The van der Waals surface area contributed by atoms with Gasteiger partial charge < -0.3 is 15.5 Å². The van der Waals surface area contributed by atoms with Crippen molar-refractivity contribution in [3.63, 3.8) is 0 Å². The maximum atomic E-state index is 13.7. The van der Waals surface area contributed by atoms with E-state index in [0.717, 1.165) is 24.0 Å². The van der Waals surface area contributed by atoms with Crippen molar-refractivity contribution in [2.45, 2.75) is 31.1 Å². The maximum absolute atomic E-state index is 13.7. The number of carbonyl (C=O) groups excluding carboxylic acids is 2. The molecule has 2 N–H and O–H groups in total. The number of aromatic nitrogens is 1. The zero-order valence-electron chi connectivity index (χ0n) is 19.7. The molecule has 184 valence electrons. The first-order valence-corrected chi connectivity index (χ1v) is 12.1. The highest BCUT2D eigenvalue weighted by Gasteiger charge is 2.36. The molecule has 0 aliphatic carbocycles. The van der Waals surface area contributed by atoms with Gasteiger partial charge in [0, 0.05) is 48.5 Å². The minimum Gasteiger partial charge on any atom is -0.380 e. The van der Waals surface area contributed by atoms with Gasteiger partial charge in [-0.2, -0.15) is 5.26 Å². The zero-order valence-corrected chi connectivity index (χ0v) is 19.7. The summed E-state index contributed by atoms with van der Waals surface area (Å²) >= 11 is 0. The molecular weight excluding hydrogens is 459 g/mol. The number of nitriles is 1. The summed E-state index contributed by atoms with van der Waals surface area (Å²) in [5, 5.41) is 16.5. The van der Waals surface area contributed by atoms with Crippen LogP contribution in [0.2, 0.25) is 0 Å². The summed E-state index contributed by atoms with van der Waals surface area (Å²) in [6.45, 7) is 1.54. The quantitative estimate of drug-likeness (QED) is 0.554. The van der Waals surface area contributed by atoms with Crippen LogP contribution in [0, 0.1) is 11.3 Å². The normalized spacial score (nSPS) is 21.9. The van der Waals surface area contributed by atoms with Crippen molar-refractivity contribution in [1.82, 2.24) is 14.8 Å². The van der Waals surface area contributed by atoms with Gasteiger partial charge in [-0.05, 0) is 42.8 Å². The molecule has 3 heterocycles. The number of nitrogens with zero attached hydrogens (tertiary/aromatic N) is 4. The summed E-state index contributed by atoms with van der Waals surface area (Å²) in [5.74, 6) is -0.430. The largest absolute Gasteiger partial charge is 0.380 e. The SMILES string of the molecule is N#C[C@@H]1C[C@H](F)CN1C(=O)CN1CC[C@H](Nc2ccc(C(=O)Nc3ccccc3)c3ncccc23)C1. The van der Waals surface area contributed by atoms with Crippen molar-refractivity contribution >= 4 is 34.1 Å². The first-order valence-electron chi connectivity index (χ1n) is 12.1. The van der Waals surface area contributed by atoms with Crippen LogP contribution < -0.4 is 10.6 Å². The molecule has 2 aliphatic rings. The number of amides is 2. The summed E-state index contributed by atoms with van der Waals surface area (Å²) in [6, 6.07) is 18.2. The number of halogens is 1. The fraction of sp³-hybridized carbons (Fsp3) is 0.333. The smallest absolute Gasteiger partial charge is 0.257 e. The van der Waals surface area contributed by atoms with E-state index in [1.54, 1.807) is 12.3 Å². The summed E-state index contributed by atoms with van der Waals surface area (Å²) in [6.07, 6.45) is 1.46. The first-order chi connectivity index (χ1) is 17.5. The van der Waals surface area contributed by atoms with Crippen LogP contribution in [-0.4, -0.2) is 71.0 Å². The second-order valence-electron chi connectivity index (χ2n) is 9.27. The number of likely N-dealkylation sites (tertiary alicyclic amines) is 2. The molecule has 5 rings (SSSR count). The molecule has 1 aromatic heterocycles. The lowest BCUT2D eigenvalue weighted by Crippen LogP contribution is -2.42. The lowest BCUT2D eigenvalue weighted by Gasteiger charge is -2.23. The van der Waals surface area contributed by atoms with Crippen molar-refractivity contribution < 1.29 is 14.0 Å². The number of carbonyl (C=O) groups is 2. The molecule has 3 aromatic rings. The summed E-state index contributed by atoms with van der Waals surface area (Å²) in [4.78, 5) is 33.5. The molecule has 0 radical (unpaired) electrons. The minimum atomic E-state index is -1.13. The van der Waals surface area contributed by atoms with Crippen LogP contribution in [-0.2, 0) is 4.79 Å². The number of alkyl halides is 1. The van der Waals surface area contributed by atoms with Gasteiger partial charge in [-0.3, -0.25) is 19.5 Å². The van der Waals surface area contributed by atoms with E-state index in [1.807, 2.05) is 59.5 Å². The molecule has 2 saturated heterocycles. The Balaban J connectivity index is 1.26. The van der Waals surface area contributed by atoms with Crippen molar-refractivity contribution in [3.05, 3.63) is 66.4 Å². The first kappa shape index (κ1) is 23.7. The maximum Gasteiger partial charge on any atom is 0.257 e. The van der Waals surface area contributed by atoms with E-state index in [1.165, 1.54) is 4.90 Å². The molecule has 2 fully saturated rings. The molecule has 2 amide bonds. The topological polar surface area (TPSA) is 101 Å². The number of nitrogens with one attached hydrogen (secondary N) is 2. The lowest BCUT2D eigenvalue weighted by atomic mass is 10.1. The van der Waals surface area contributed by atoms with Gasteiger partial charge in [0.05, 0.1) is 30.2 Å². The molecule has 0 spiro atoms. The van der Waals surface area contributed by atoms with Crippen LogP contribution in [0.1, 0.15) is 23.2 Å². The number of para-hydroxylation sites is 1. The number of benzene rings is 2. The minimum absolute atomic E-state index is 0.00420. The molecule has 2 aliphatic heterocycles. The third kappa shape index (κ3) is 4.99. The van der Waals surface area contributed by atoms with Gasteiger partial charge in [0.15, 0.2) is 0 Å². The fourth-order valence-corrected chi connectivity index (χ4v) is 4.98. The lowest BCUT2D eigenvalue weighted by molar-refractivity contribution is -0.132. The van der Waals surface area contributed by atoms with Crippen LogP contribution in [0.25, 0.3) is 10.9 Å². The molecule has 0 saturated carbocycles. The Kier molecular flexibility index (Phi) is 6.78. The number of fused-ring (bicyclic) bond motifs is 1. The number of hydrogen-bond acceptors (Lipinski definition) is 6. The third-order valence-corrected chi connectivity index (χ3v) is 6.76. The molecule has 3 atom stereocenters. The van der Waals surface area contributed by atoms with Gasteiger partial charge >= 0.3 is 0 Å². The van der Waals surface area contributed by atoms with Gasteiger partial charge in [-0.15, -0.1) is 0 Å². The number of hydrogen-bond donors (Lipinski definition) is 2. The molecule has 0 unspecified atom stereocenters. The molecule has 36 heavy (non-hydrogen) atoms. The highest BCUT2D eigenvalue weighted by atomic mass is 19.1. The fourth-order valence-electron chi connectivity index (χ4n) is 4.98. The van der Waals surface area contributed by atoms with Crippen LogP contribution in [0.4, 0.5) is 15.8 Å². The van der Waals surface area contributed by atoms with Crippen LogP contribution in [0.5, 0.6) is 0 Å². The van der Waals surface area contributed by atoms with E-state index < -0.39 is 12.2 Å². The summed E-state index contributed by atoms with van der Waals surface area (Å²) in [5.41, 5.74) is 2.68. The summed E-state index contributed by atoms with van der Waals surface area (Å²) in [7, 11) is 0. The van der Waals surface area contributed by atoms with E-state index in [4.69, 9.17) is 0 Å². The second kappa shape index (κ2) is 10.3. The standard InChI is InChI=1S/C27H27FN6O2/c28-18-13-21(14-29)34(15-18)25(35)17-33-12-10-20(16-33)31-24-9-8-23(26-22(24)7-4-11-30-26)27(36)32-19-5-2-1-3-6-19/h1-9,11,18,20-21,31H,10,12-13,15-17H2,(H,32,36)/t18-,20-,21-/m0/s1. The molecule has 9 heteroatoms. The Bertz CT molecular complexity index is 1310. The van der Waals surface area contributed by atoms with Crippen LogP contribution in [0.3, 0.4) is 0 Å². The monoisotopic (exact) mass is 486 g/mol. The number of anilines is 2. The van der Waals surface area contributed by atoms with E-state index in [9.17, 15) is 19.2 Å². The molecular formula is C27H27FN6O2. The van der Waals surface area contributed by atoms with Crippen molar-refractivity contribution in [2.75, 3.05) is 36.8 Å². The molecule has 2 aromatic carbocycles. The summed E-state index contributed by atoms with van der Waals surface area (Å²) < 4.78 is 13.7.